The topological polar surface area (TPSA) is 3.24 Å². The van der Waals surface area contributed by atoms with Crippen molar-refractivity contribution in [1.29, 1.82) is 0 Å². The minimum absolute atomic E-state index is 0.715. The fourth-order valence-electron chi connectivity index (χ4n) is 2.06. The van der Waals surface area contributed by atoms with Crippen molar-refractivity contribution in [1.82, 2.24) is 4.90 Å². The van der Waals surface area contributed by atoms with Gasteiger partial charge in [-0.1, -0.05) is 49.4 Å². The second-order valence-corrected chi connectivity index (χ2v) is 5.39. The van der Waals surface area contributed by atoms with E-state index in [1.165, 1.54) is 36.8 Å². The Morgan fingerprint density at radius 3 is 2.39 bits per heavy atom. The van der Waals surface area contributed by atoms with Crippen molar-refractivity contribution in [3.8, 4) is 0 Å². The van der Waals surface area contributed by atoms with Gasteiger partial charge in [-0.05, 0) is 46.7 Å². The van der Waals surface area contributed by atoms with E-state index in [0.29, 0.717) is 6.32 Å². The Balaban J connectivity index is 3.92. The summed E-state index contributed by atoms with van der Waals surface area (Å²) in [4.78, 5) is 2.20. The normalized spacial score (nSPS) is 13.4. The summed E-state index contributed by atoms with van der Waals surface area (Å²) in [7, 11) is 10.0. The highest BCUT2D eigenvalue weighted by molar-refractivity contribution is 6.10. The fourth-order valence-corrected chi connectivity index (χ4v) is 2.06. The highest BCUT2D eigenvalue weighted by Gasteiger charge is 1.95. The molecule has 0 fully saturated rings. The van der Waals surface area contributed by atoms with Gasteiger partial charge < -0.3 is 4.90 Å². The van der Waals surface area contributed by atoms with Crippen LogP contribution in [0.25, 0.3) is 0 Å². The second-order valence-electron chi connectivity index (χ2n) is 5.39. The zero-order chi connectivity index (χ0) is 13.8. The number of likely N-dealkylation sites (N-methyl/N-ethyl adjacent to an activating group) is 1. The summed E-state index contributed by atoms with van der Waals surface area (Å²) in [6.07, 6.45) is 12.8. The molecule has 0 saturated carbocycles. The molecule has 0 aliphatic carbocycles. The third-order valence-electron chi connectivity index (χ3n) is 3.03. The highest BCUT2D eigenvalue weighted by Crippen LogP contribution is 2.13. The first-order chi connectivity index (χ1) is 8.60. The number of hydrogen-bond acceptors (Lipinski definition) is 1. The largest absolute Gasteiger partial charge is 0.305 e. The molecule has 0 saturated heterocycles. The van der Waals surface area contributed by atoms with Crippen LogP contribution in [0.15, 0.2) is 23.3 Å². The SMILES string of the molecule is [B]C/C(=C/CCCCC)CC/C=C(/C)CN(C)C. The maximum absolute atomic E-state index is 5.79. The zero-order valence-corrected chi connectivity index (χ0v) is 12.8. The summed E-state index contributed by atoms with van der Waals surface area (Å²) in [5.74, 6) is 0. The van der Waals surface area contributed by atoms with Crippen LogP contribution >= 0.6 is 0 Å². The quantitative estimate of drug-likeness (QED) is 0.315. The monoisotopic (exact) mass is 247 g/mol. The Hall–Kier alpha value is -0.495. The third kappa shape index (κ3) is 10.6. The van der Waals surface area contributed by atoms with Gasteiger partial charge in [0.1, 0.15) is 0 Å². The molecule has 0 bridgehead atoms. The van der Waals surface area contributed by atoms with Crippen LogP contribution in [-0.4, -0.2) is 33.4 Å². The molecule has 0 aromatic carbocycles. The molecule has 102 valence electrons. The summed E-state index contributed by atoms with van der Waals surface area (Å²) >= 11 is 0. The minimum Gasteiger partial charge on any atom is -0.305 e. The maximum Gasteiger partial charge on any atom is 0.0712 e. The van der Waals surface area contributed by atoms with Gasteiger partial charge in [0.15, 0.2) is 0 Å². The standard InChI is InChI=1S/C16H30BN/c1-5-6-7-8-11-16(13-17)12-9-10-15(2)14-18(3)4/h10-11H,5-9,12-14H2,1-4H3/b15-10-,16-11+. The summed E-state index contributed by atoms with van der Waals surface area (Å²) in [5, 5.41) is 0. The summed E-state index contributed by atoms with van der Waals surface area (Å²) in [6, 6.07) is 0. The molecule has 0 atom stereocenters. The van der Waals surface area contributed by atoms with Crippen molar-refractivity contribution in [2.45, 2.75) is 58.7 Å². The average molecular weight is 247 g/mol. The van der Waals surface area contributed by atoms with Crippen molar-refractivity contribution < 1.29 is 0 Å². The van der Waals surface area contributed by atoms with E-state index >= 15 is 0 Å². The molecule has 0 aliphatic heterocycles. The molecule has 0 aromatic rings. The van der Waals surface area contributed by atoms with Crippen molar-refractivity contribution in [2.75, 3.05) is 20.6 Å². The molecule has 0 aromatic heterocycles. The number of hydrogen-bond donors (Lipinski definition) is 0. The van der Waals surface area contributed by atoms with E-state index in [1.54, 1.807) is 0 Å². The summed E-state index contributed by atoms with van der Waals surface area (Å²) in [6.45, 7) is 5.50. The Morgan fingerprint density at radius 1 is 1.11 bits per heavy atom. The molecular weight excluding hydrogens is 217 g/mol. The van der Waals surface area contributed by atoms with E-state index in [-0.39, 0.29) is 0 Å². The van der Waals surface area contributed by atoms with E-state index in [2.05, 4.69) is 45.0 Å². The molecule has 1 nitrogen and oxygen atoms in total. The van der Waals surface area contributed by atoms with Gasteiger partial charge in [0.25, 0.3) is 0 Å². The molecular formula is C16H30BN. The fraction of sp³-hybridized carbons (Fsp3) is 0.750. The molecule has 0 aliphatic rings. The Kier molecular flexibility index (Phi) is 11.3. The number of rotatable bonds is 10. The Morgan fingerprint density at radius 2 is 1.83 bits per heavy atom. The summed E-state index contributed by atoms with van der Waals surface area (Å²) < 4.78 is 0. The van der Waals surface area contributed by atoms with Crippen molar-refractivity contribution in [3.05, 3.63) is 23.3 Å². The van der Waals surface area contributed by atoms with Crippen LogP contribution < -0.4 is 0 Å². The van der Waals surface area contributed by atoms with E-state index in [4.69, 9.17) is 7.85 Å². The van der Waals surface area contributed by atoms with Crippen LogP contribution in [0, 0.1) is 0 Å². The molecule has 0 unspecified atom stereocenters. The second kappa shape index (κ2) is 11.6. The van der Waals surface area contributed by atoms with Crippen molar-refractivity contribution >= 4 is 7.85 Å². The summed E-state index contributed by atoms with van der Waals surface area (Å²) in [5.41, 5.74) is 2.86. The van der Waals surface area contributed by atoms with Gasteiger partial charge in [-0.3, -0.25) is 0 Å². The molecule has 2 heteroatoms. The third-order valence-corrected chi connectivity index (χ3v) is 3.03. The van der Waals surface area contributed by atoms with E-state index in [1.807, 2.05) is 0 Å². The Bertz CT molecular complexity index is 254. The van der Waals surface area contributed by atoms with Gasteiger partial charge in [-0.15, -0.1) is 0 Å². The average Bonchev–Trinajstić information content (AvgIpc) is 2.31. The first-order valence-electron chi connectivity index (χ1n) is 7.28. The molecule has 0 rings (SSSR count). The highest BCUT2D eigenvalue weighted by atomic mass is 15.0. The van der Waals surface area contributed by atoms with E-state index in [9.17, 15) is 0 Å². The number of allylic oxidation sites excluding steroid dienone is 3. The van der Waals surface area contributed by atoms with Crippen LogP contribution in [0.5, 0.6) is 0 Å². The molecule has 0 N–H and O–H groups in total. The number of unbranched alkanes of at least 4 members (excludes halogenated alkanes) is 3. The molecule has 0 amide bonds. The minimum atomic E-state index is 0.715. The van der Waals surface area contributed by atoms with Gasteiger partial charge in [-0.25, -0.2) is 0 Å². The van der Waals surface area contributed by atoms with E-state index < -0.39 is 0 Å². The van der Waals surface area contributed by atoms with Gasteiger partial charge in [0.05, 0.1) is 7.85 Å². The lowest BCUT2D eigenvalue weighted by Gasteiger charge is -2.10. The Labute approximate surface area is 116 Å². The van der Waals surface area contributed by atoms with Gasteiger partial charge in [0, 0.05) is 6.54 Å². The van der Waals surface area contributed by atoms with Gasteiger partial charge in [-0.2, -0.15) is 0 Å². The van der Waals surface area contributed by atoms with Crippen LogP contribution in [0.1, 0.15) is 52.4 Å². The zero-order valence-electron chi connectivity index (χ0n) is 12.8. The lowest BCUT2D eigenvalue weighted by Crippen LogP contribution is -2.13. The van der Waals surface area contributed by atoms with Crippen LogP contribution in [0.3, 0.4) is 0 Å². The molecule has 0 spiro atoms. The first-order valence-corrected chi connectivity index (χ1v) is 7.28. The van der Waals surface area contributed by atoms with Crippen LogP contribution in [0.2, 0.25) is 6.32 Å². The van der Waals surface area contributed by atoms with Crippen LogP contribution in [-0.2, 0) is 0 Å². The number of nitrogens with zero attached hydrogens (tertiary/aromatic N) is 1. The molecule has 0 heterocycles. The molecule has 2 radical (unpaired) electrons. The van der Waals surface area contributed by atoms with Gasteiger partial charge in [0.2, 0.25) is 0 Å². The van der Waals surface area contributed by atoms with Gasteiger partial charge >= 0.3 is 0 Å². The predicted octanol–water partition coefficient (Wildman–Crippen LogP) is 4.37. The van der Waals surface area contributed by atoms with Crippen LogP contribution in [0.4, 0.5) is 0 Å². The lowest BCUT2D eigenvalue weighted by molar-refractivity contribution is 0.444. The lowest BCUT2D eigenvalue weighted by atomic mass is 9.92. The van der Waals surface area contributed by atoms with E-state index in [0.717, 1.165) is 19.4 Å². The first kappa shape index (κ1) is 17.5. The van der Waals surface area contributed by atoms with Crippen molar-refractivity contribution in [3.63, 3.8) is 0 Å². The predicted molar refractivity (Wildman–Crippen MR) is 84.3 cm³/mol. The smallest absolute Gasteiger partial charge is 0.0712 e. The molecule has 18 heavy (non-hydrogen) atoms. The maximum atomic E-state index is 5.79. The van der Waals surface area contributed by atoms with Crippen molar-refractivity contribution in [2.24, 2.45) is 0 Å².